The maximum absolute atomic E-state index is 12.8. The van der Waals surface area contributed by atoms with E-state index in [-0.39, 0.29) is 12.0 Å². The monoisotopic (exact) mass is 480 g/mol. The summed E-state index contributed by atoms with van der Waals surface area (Å²) >= 11 is 6.56. The van der Waals surface area contributed by atoms with Gasteiger partial charge in [0.25, 0.3) is 5.91 Å². The van der Waals surface area contributed by atoms with Crippen molar-refractivity contribution in [3.63, 3.8) is 0 Å². The van der Waals surface area contributed by atoms with Gasteiger partial charge >= 0.3 is 6.09 Å². The van der Waals surface area contributed by atoms with Gasteiger partial charge in [-0.15, -0.1) is 0 Å². The van der Waals surface area contributed by atoms with E-state index in [4.69, 9.17) is 16.3 Å². The Bertz CT molecular complexity index is 1160. The van der Waals surface area contributed by atoms with Crippen LogP contribution in [0.3, 0.4) is 0 Å². The molecule has 0 aromatic heterocycles. The van der Waals surface area contributed by atoms with Gasteiger partial charge in [-0.3, -0.25) is 4.79 Å². The number of rotatable bonds is 4. The van der Waals surface area contributed by atoms with Crippen LogP contribution in [0.5, 0.6) is 0 Å². The molecule has 1 aliphatic heterocycles. The smallest absolute Gasteiger partial charge is 0.410 e. The first-order valence-electron chi connectivity index (χ1n) is 11.5. The molecule has 1 aliphatic rings. The molecule has 0 saturated carbocycles. The van der Waals surface area contributed by atoms with Crippen molar-refractivity contribution in [2.24, 2.45) is 0 Å². The zero-order chi connectivity index (χ0) is 25.0. The Kier molecular flexibility index (Phi) is 7.88. The van der Waals surface area contributed by atoms with Crippen LogP contribution in [0.2, 0.25) is 5.02 Å². The van der Waals surface area contributed by atoms with E-state index in [2.05, 4.69) is 18.3 Å². The van der Waals surface area contributed by atoms with E-state index in [1.165, 1.54) is 11.1 Å². The number of nitrogens with zero attached hydrogens (tertiary/aromatic N) is 1. The molecule has 0 fully saturated rings. The number of carbonyl (C=O) groups excluding carboxylic acids is 2. The number of hydrogen-bond acceptors (Lipinski definition) is 3. The number of benzene rings is 2. The van der Waals surface area contributed by atoms with Crippen LogP contribution in [0.15, 0.2) is 48.6 Å². The third-order valence-corrected chi connectivity index (χ3v) is 6.09. The molecule has 0 saturated heterocycles. The number of aryl methyl sites for hydroxylation is 1. The highest BCUT2D eigenvalue weighted by molar-refractivity contribution is 6.32. The van der Waals surface area contributed by atoms with Gasteiger partial charge < -0.3 is 15.0 Å². The topological polar surface area (TPSA) is 58.6 Å². The summed E-state index contributed by atoms with van der Waals surface area (Å²) in [6.45, 7) is 12.7. The predicted octanol–water partition coefficient (Wildman–Crippen LogP) is 7.35. The van der Waals surface area contributed by atoms with E-state index in [0.717, 1.165) is 22.4 Å². The lowest BCUT2D eigenvalue weighted by Gasteiger charge is -2.29. The van der Waals surface area contributed by atoms with Crippen molar-refractivity contribution in [2.75, 3.05) is 18.4 Å². The molecule has 5 nitrogen and oxygen atoms in total. The number of anilines is 1. The Morgan fingerprint density at radius 1 is 1.15 bits per heavy atom. The third kappa shape index (κ3) is 6.29. The van der Waals surface area contributed by atoms with Crippen molar-refractivity contribution < 1.29 is 14.3 Å². The number of halogens is 1. The fourth-order valence-corrected chi connectivity index (χ4v) is 4.17. The van der Waals surface area contributed by atoms with Crippen LogP contribution in [-0.4, -0.2) is 35.6 Å². The number of allylic oxidation sites excluding steroid dienone is 2. The summed E-state index contributed by atoms with van der Waals surface area (Å²) in [5, 5.41) is 3.47. The number of amides is 2. The van der Waals surface area contributed by atoms with Gasteiger partial charge in [-0.25, -0.2) is 4.79 Å². The molecule has 0 spiro atoms. The van der Waals surface area contributed by atoms with Gasteiger partial charge in [0, 0.05) is 29.4 Å². The molecule has 0 aliphatic carbocycles. The van der Waals surface area contributed by atoms with Crippen LogP contribution >= 0.6 is 11.6 Å². The second-order valence-corrected chi connectivity index (χ2v) is 9.96. The van der Waals surface area contributed by atoms with E-state index in [1.54, 1.807) is 17.0 Å². The number of carbonyl (C=O) groups is 2. The molecule has 6 heteroatoms. The van der Waals surface area contributed by atoms with E-state index < -0.39 is 5.60 Å². The molecule has 0 bridgehead atoms. The largest absolute Gasteiger partial charge is 0.444 e. The highest BCUT2D eigenvalue weighted by Gasteiger charge is 2.24. The molecule has 0 unspecified atom stereocenters. The molecule has 0 radical (unpaired) electrons. The maximum Gasteiger partial charge on any atom is 0.410 e. The fourth-order valence-electron chi connectivity index (χ4n) is 3.87. The second kappa shape index (κ2) is 10.5. The SMILES string of the molecule is C/C=C(\C)c1ccc(NC(=O)c2ccc(C3=CCN(C(=O)OC(C)(C)C)CC3)c(Cl)c2)cc1C. The zero-order valence-corrected chi connectivity index (χ0v) is 21.5. The summed E-state index contributed by atoms with van der Waals surface area (Å²) in [5.41, 5.74) is 6.12. The number of ether oxygens (including phenoxy) is 1. The average molecular weight is 481 g/mol. The van der Waals surface area contributed by atoms with E-state index >= 15 is 0 Å². The fraction of sp³-hybridized carbons (Fsp3) is 0.357. The third-order valence-electron chi connectivity index (χ3n) is 5.78. The summed E-state index contributed by atoms with van der Waals surface area (Å²) in [5.74, 6) is -0.211. The van der Waals surface area contributed by atoms with Gasteiger partial charge in [0.1, 0.15) is 5.60 Å². The van der Waals surface area contributed by atoms with Crippen LogP contribution in [0.1, 0.15) is 68.1 Å². The highest BCUT2D eigenvalue weighted by atomic mass is 35.5. The standard InChI is InChI=1S/C28H33ClN2O3/c1-7-18(2)23-11-9-22(16-19(23)3)30-26(32)21-8-10-24(25(29)17-21)20-12-14-31(15-13-20)27(33)34-28(4,5)6/h7-12,16-17H,13-15H2,1-6H3,(H,30,32)/b18-7+. The summed E-state index contributed by atoms with van der Waals surface area (Å²) in [6.07, 6.45) is 4.42. The van der Waals surface area contributed by atoms with Gasteiger partial charge in [0.15, 0.2) is 0 Å². The van der Waals surface area contributed by atoms with Crippen LogP contribution in [0.25, 0.3) is 11.1 Å². The van der Waals surface area contributed by atoms with E-state index in [1.807, 2.05) is 65.0 Å². The maximum atomic E-state index is 12.8. The molecule has 180 valence electrons. The average Bonchev–Trinajstić information content (AvgIpc) is 2.77. The van der Waals surface area contributed by atoms with Gasteiger partial charge in [0.05, 0.1) is 0 Å². The Balaban J connectivity index is 1.69. The van der Waals surface area contributed by atoms with Crippen molar-refractivity contribution in [1.29, 1.82) is 0 Å². The molecular weight excluding hydrogens is 448 g/mol. The molecule has 3 rings (SSSR count). The van der Waals surface area contributed by atoms with E-state index in [0.29, 0.717) is 30.1 Å². The minimum absolute atomic E-state index is 0.211. The molecular formula is C28H33ClN2O3. The summed E-state index contributed by atoms with van der Waals surface area (Å²) in [6, 6.07) is 11.2. The van der Waals surface area contributed by atoms with Gasteiger partial charge in [0.2, 0.25) is 0 Å². The van der Waals surface area contributed by atoms with Crippen molar-refractivity contribution in [3.05, 3.63) is 75.8 Å². The van der Waals surface area contributed by atoms with Crippen molar-refractivity contribution in [1.82, 2.24) is 4.90 Å². The first-order valence-corrected chi connectivity index (χ1v) is 11.9. The van der Waals surface area contributed by atoms with Crippen molar-refractivity contribution >= 4 is 40.4 Å². The van der Waals surface area contributed by atoms with Gasteiger partial charge in [-0.1, -0.05) is 35.9 Å². The Morgan fingerprint density at radius 2 is 1.88 bits per heavy atom. The summed E-state index contributed by atoms with van der Waals surface area (Å²) in [4.78, 5) is 26.8. The molecule has 34 heavy (non-hydrogen) atoms. The lowest BCUT2D eigenvalue weighted by Crippen LogP contribution is -2.39. The van der Waals surface area contributed by atoms with Crippen LogP contribution in [0, 0.1) is 6.92 Å². The lowest BCUT2D eigenvalue weighted by atomic mass is 9.98. The van der Waals surface area contributed by atoms with Crippen molar-refractivity contribution in [3.8, 4) is 0 Å². The highest BCUT2D eigenvalue weighted by Crippen LogP contribution is 2.30. The first kappa shape index (κ1) is 25.6. The molecule has 1 heterocycles. The first-order chi connectivity index (χ1) is 16.0. The number of nitrogens with one attached hydrogen (secondary N) is 1. The minimum atomic E-state index is -0.521. The molecule has 1 N–H and O–H groups in total. The second-order valence-electron chi connectivity index (χ2n) is 9.56. The summed E-state index contributed by atoms with van der Waals surface area (Å²) < 4.78 is 5.45. The lowest BCUT2D eigenvalue weighted by molar-refractivity contribution is 0.0270. The normalized spacial score (nSPS) is 14.5. The zero-order valence-electron chi connectivity index (χ0n) is 20.8. The van der Waals surface area contributed by atoms with Gasteiger partial charge in [-0.2, -0.15) is 0 Å². The number of hydrogen-bond donors (Lipinski definition) is 1. The Hall–Kier alpha value is -3.05. The van der Waals surface area contributed by atoms with E-state index in [9.17, 15) is 9.59 Å². The summed E-state index contributed by atoms with van der Waals surface area (Å²) in [7, 11) is 0. The predicted molar refractivity (Wildman–Crippen MR) is 140 cm³/mol. The Labute approximate surface area is 207 Å². The van der Waals surface area contributed by atoms with Crippen LogP contribution in [-0.2, 0) is 4.74 Å². The van der Waals surface area contributed by atoms with Gasteiger partial charge in [-0.05, 0) is 100 Å². The van der Waals surface area contributed by atoms with Crippen LogP contribution in [0.4, 0.5) is 10.5 Å². The minimum Gasteiger partial charge on any atom is -0.444 e. The van der Waals surface area contributed by atoms with Crippen molar-refractivity contribution in [2.45, 2.75) is 53.6 Å². The molecule has 2 aromatic rings. The van der Waals surface area contributed by atoms with Crippen LogP contribution < -0.4 is 5.32 Å². The molecule has 2 amide bonds. The molecule has 2 aromatic carbocycles. The quantitative estimate of drug-likeness (QED) is 0.497. The molecule has 0 atom stereocenters. The Morgan fingerprint density at radius 3 is 2.44 bits per heavy atom.